The highest BCUT2D eigenvalue weighted by Crippen LogP contribution is 2.20. The van der Waals surface area contributed by atoms with Crippen molar-refractivity contribution in [2.75, 3.05) is 32.1 Å². The van der Waals surface area contributed by atoms with E-state index in [2.05, 4.69) is 26.3 Å². The van der Waals surface area contributed by atoms with Gasteiger partial charge >= 0.3 is 0 Å². The number of anilines is 1. The molecule has 0 bridgehead atoms. The zero-order valence-corrected chi connectivity index (χ0v) is 13.0. The Bertz CT molecular complexity index is 444. The molecule has 0 saturated heterocycles. The Morgan fingerprint density at radius 2 is 2.22 bits per heavy atom. The first-order valence-corrected chi connectivity index (χ1v) is 6.91. The van der Waals surface area contributed by atoms with Crippen molar-refractivity contribution < 1.29 is 0 Å². The molecule has 0 fully saturated rings. The maximum Gasteiger partial charge on any atom is 0.283 e. The molecule has 0 aromatic carbocycles. The van der Waals surface area contributed by atoms with Crippen LogP contribution in [0.5, 0.6) is 0 Å². The fourth-order valence-corrected chi connectivity index (χ4v) is 2.27. The summed E-state index contributed by atoms with van der Waals surface area (Å²) in [5, 5.41) is 7.31. The van der Waals surface area contributed by atoms with Gasteiger partial charge in [-0.15, -0.1) is 0 Å². The molecule has 0 aliphatic carbocycles. The Balaban J connectivity index is 2.91. The van der Waals surface area contributed by atoms with Gasteiger partial charge in [0, 0.05) is 13.6 Å². The van der Waals surface area contributed by atoms with Crippen LogP contribution in [0.2, 0.25) is 0 Å². The molecule has 0 aliphatic rings. The quantitative estimate of drug-likeness (QED) is 0.810. The summed E-state index contributed by atoms with van der Waals surface area (Å²) in [6, 6.07) is 0.0671. The van der Waals surface area contributed by atoms with Gasteiger partial charge < -0.3 is 10.2 Å². The van der Waals surface area contributed by atoms with Crippen LogP contribution in [0.1, 0.15) is 26.3 Å². The summed E-state index contributed by atoms with van der Waals surface area (Å²) in [7, 11) is 3.90. The Kier molecular flexibility index (Phi) is 5.81. The van der Waals surface area contributed by atoms with Crippen molar-refractivity contribution in [2.24, 2.45) is 0 Å². The summed E-state index contributed by atoms with van der Waals surface area (Å²) >= 11 is 3.38. The first kappa shape index (κ1) is 15.2. The number of hydrogen-bond acceptors (Lipinski definition) is 4. The van der Waals surface area contributed by atoms with E-state index in [9.17, 15) is 4.79 Å². The predicted octanol–water partition coefficient (Wildman–Crippen LogP) is 1.63. The van der Waals surface area contributed by atoms with Crippen molar-refractivity contribution in [3.63, 3.8) is 0 Å². The van der Waals surface area contributed by atoms with Crippen molar-refractivity contribution >= 4 is 21.6 Å². The number of nitrogens with zero attached hydrogens (tertiary/aromatic N) is 3. The van der Waals surface area contributed by atoms with Crippen molar-refractivity contribution in [1.29, 1.82) is 0 Å². The van der Waals surface area contributed by atoms with Gasteiger partial charge in [-0.3, -0.25) is 4.79 Å². The SMILES string of the molecule is CNCCCN(C)c1cnn(C(C)C)c(=O)c1Br. The van der Waals surface area contributed by atoms with Gasteiger partial charge in [0.2, 0.25) is 0 Å². The van der Waals surface area contributed by atoms with Gasteiger partial charge in [-0.25, -0.2) is 4.68 Å². The van der Waals surface area contributed by atoms with E-state index >= 15 is 0 Å². The highest BCUT2D eigenvalue weighted by atomic mass is 79.9. The molecule has 18 heavy (non-hydrogen) atoms. The number of nitrogens with one attached hydrogen (secondary N) is 1. The molecular weight excluding hydrogens is 296 g/mol. The molecule has 1 heterocycles. The minimum atomic E-state index is -0.0806. The van der Waals surface area contributed by atoms with E-state index in [0.717, 1.165) is 25.2 Å². The molecule has 0 amide bonds. The van der Waals surface area contributed by atoms with Gasteiger partial charge in [0.25, 0.3) is 5.56 Å². The zero-order valence-electron chi connectivity index (χ0n) is 11.4. The van der Waals surface area contributed by atoms with Crippen LogP contribution in [0.15, 0.2) is 15.5 Å². The first-order chi connectivity index (χ1) is 8.49. The molecule has 6 heteroatoms. The lowest BCUT2D eigenvalue weighted by Gasteiger charge is -2.21. The van der Waals surface area contributed by atoms with Gasteiger partial charge in [-0.2, -0.15) is 5.10 Å². The third-order valence-corrected chi connectivity index (χ3v) is 3.49. The second-order valence-electron chi connectivity index (χ2n) is 4.57. The molecule has 1 N–H and O–H groups in total. The summed E-state index contributed by atoms with van der Waals surface area (Å²) in [4.78, 5) is 14.1. The minimum absolute atomic E-state index is 0.0671. The molecule has 5 nitrogen and oxygen atoms in total. The number of rotatable bonds is 6. The van der Waals surface area contributed by atoms with Gasteiger partial charge in [-0.1, -0.05) is 0 Å². The molecule has 1 rings (SSSR count). The summed E-state index contributed by atoms with van der Waals surface area (Å²) in [6.07, 6.45) is 2.76. The van der Waals surface area contributed by atoms with Gasteiger partial charge in [0.05, 0.1) is 17.9 Å². The van der Waals surface area contributed by atoms with Crippen LogP contribution < -0.4 is 15.8 Å². The van der Waals surface area contributed by atoms with Gasteiger partial charge in [0.1, 0.15) is 4.47 Å². The van der Waals surface area contributed by atoms with Crippen LogP contribution in [0, 0.1) is 0 Å². The van der Waals surface area contributed by atoms with E-state index < -0.39 is 0 Å². The molecule has 0 aliphatic heterocycles. The first-order valence-electron chi connectivity index (χ1n) is 6.12. The fourth-order valence-electron chi connectivity index (χ4n) is 1.68. The van der Waals surface area contributed by atoms with E-state index in [0.29, 0.717) is 4.47 Å². The van der Waals surface area contributed by atoms with Crippen LogP contribution in [-0.2, 0) is 0 Å². The van der Waals surface area contributed by atoms with Crippen molar-refractivity contribution in [2.45, 2.75) is 26.3 Å². The molecule has 0 radical (unpaired) electrons. The normalized spacial score (nSPS) is 11.0. The van der Waals surface area contributed by atoms with E-state index in [1.165, 1.54) is 4.68 Å². The molecule has 102 valence electrons. The Morgan fingerprint density at radius 3 is 2.78 bits per heavy atom. The molecular formula is C12H21BrN4O. The average molecular weight is 317 g/mol. The summed E-state index contributed by atoms with van der Waals surface area (Å²) < 4.78 is 2.06. The second-order valence-corrected chi connectivity index (χ2v) is 5.36. The Labute approximate surface area is 116 Å². The summed E-state index contributed by atoms with van der Waals surface area (Å²) in [5.41, 5.74) is 0.760. The average Bonchev–Trinajstić information content (AvgIpc) is 2.32. The topological polar surface area (TPSA) is 50.2 Å². The standard InChI is InChI=1S/C12H21BrN4O/c1-9(2)17-12(18)11(13)10(8-15-17)16(4)7-5-6-14-3/h8-9,14H,5-7H2,1-4H3. The molecule has 0 spiro atoms. The molecule has 1 aromatic rings. The van der Waals surface area contributed by atoms with E-state index in [1.807, 2.05) is 32.8 Å². The summed E-state index contributed by atoms with van der Waals surface area (Å²) in [6.45, 7) is 5.72. The van der Waals surface area contributed by atoms with Crippen molar-refractivity contribution in [3.05, 3.63) is 21.0 Å². The number of hydrogen-bond donors (Lipinski definition) is 1. The smallest absolute Gasteiger partial charge is 0.283 e. The van der Waals surface area contributed by atoms with Crippen LogP contribution in [0.4, 0.5) is 5.69 Å². The molecule has 0 saturated carbocycles. The van der Waals surface area contributed by atoms with Crippen LogP contribution in [0.25, 0.3) is 0 Å². The van der Waals surface area contributed by atoms with Gasteiger partial charge in [0.15, 0.2) is 0 Å². The third kappa shape index (κ3) is 3.55. The maximum absolute atomic E-state index is 12.1. The van der Waals surface area contributed by atoms with Crippen LogP contribution >= 0.6 is 15.9 Å². The van der Waals surface area contributed by atoms with Crippen LogP contribution in [0.3, 0.4) is 0 Å². The lowest BCUT2D eigenvalue weighted by molar-refractivity contribution is 0.500. The van der Waals surface area contributed by atoms with E-state index in [-0.39, 0.29) is 11.6 Å². The van der Waals surface area contributed by atoms with Crippen LogP contribution in [-0.4, -0.2) is 37.0 Å². The fraction of sp³-hybridized carbons (Fsp3) is 0.667. The second kappa shape index (κ2) is 6.89. The molecule has 0 atom stereocenters. The van der Waals surface area contributed by atoms with Crippen molar-refractivity contribution in [1.82, 2.24) is 15.1 Å². The maximum atomic E-state index is 12.1. The highest BCUT2D eigenvalue weighted by Gasteiger charge is 2.13. The largest absolute Gasteiger partial charge is 0.372 e. The molecule has 0 unspecified atom stereocenters. The van der Waals surface area contributed by atoms with E-state index in [4.69, 9.17) is 0 Å². The van der Waals surface area contributed by atoms with Gasteiger partial charge in [-0.05, 0) is 49.8 Å². The number of halogens is 1. The predicted molar refractivity (Wildman–Crippen MR) is 78.4 cm³/mol. The monoisotopic (exact) mass is 316 g/mol. The third-order valence-electron chi connectivity index (χ3n) is 2.75. The Morgan fingerprint density at radius 1 is 1.56 bits per heavy atom. The zero-order chi connectivity index (χ0) is 13.7. The highest BCUT2D eigenvalue weighted by molar-refractivity contribution is 9.10. The minimum Gasteiger partial charge on any atom is -0.372 e. The number of aromatic nitrogens is 2. The van der Waals surface area contributed by atoms with E-state index in [1.54, 1.807) is 6.20 Å². The lowest BCUT2D eigenvalue weighted by Crippen LogP contribution is -2.29. The summed E-state index contributed by atoms with van der Waals surface area (Å²) in [5.74, 6) is 0. The lowest BCUT2D eigenvalue weighted by atomic mass is 10.3. The molecule has 1 aromatic heterocycles. The Hall–Kier alpha value is -0.880. The van der Waals surface area contributed by atoms with Crippen molar-refractivity contribution in [3.8, 4) is 0 Å².